The average Bonchev–Trinajstić information content (AvgIpc) is 1.43. The Morgan fingerprint density at radius 1 is 0.256 bits per heavy atom. The van der Waals surface area contributed by atoms with Crippen molar-refractivity contribution in [3.63, 3.8) is 0 Å². The third-order valence-corrected chi connectivity index (χ3v) is 32.4. The van der Waals surface area contributed by atoms with E-state index in [0.29, 0.717) is 27.1 Å². The van der Waals surface area contributed by atoms with Crippen LogP contribution in [-0.2, 0) is 0 Å². The lowest BCUT2D eigenvalue weighted by Gasteiger charge is -2.53. The van der Waals surface area contributed by atoms with E-state index in [-0.39, 0.29) is 0 Å². The molecule has 0 aromatic carbocycles. The fourth-order valence-corrected chi connectivity index (χ4v) is 22.8. The molecule has 0 saturated heterocycles. The van der Waals surface area contributed by atoms with Crippen molar-refractivity contribution in [1.82, 2.24) is 0 Å². The fourth-order valence-electron chi connectivity index (χ4n) is 22.8. The van der Waals surface area contributed by atoms with E-state index < -0.39 is 0 Å². The summed E-state index contributed by atoms with van der Waals surface area (Å²) in [6, 6.07) is 0. The second-order valence-corrected chi connectivity index (χ2v) is 42.8. The van der Waals surface area contributed by atoms with E-state index >= 15 is 0 Å². The van der Waals surface area contributed by atoms with Gasteiger partial charge in [0.05, 0.1) is 0 Å². The third-order valence-electron chi connectivity index (χ3n) is 32.4. The van der Waals surface area contributed by atoms with Crippen molar-refractivity contribution in [3.8, 4) is 0 Å². The van der Waals surface area contributed by atoms with Gasteiger partial charge in [-0.3, -0.25) is 0 Å². The van der Waals surface area contributed by atoms with Crippen LogP contribution in [0.25, 0.3) is 0 Å². The maximum atomic E-state index is 2.57. The standard InChI is InChI=1S/C13H24.C11H18.C11H22.2C9H16.2C8H14.2C8H16.C5H10/c1-13(10-6-3-7-11-13)12-8-4-2-5-9-12;1-7-10-3-8-2-9(5-10)6-11(7)4-8;1-10(2,3)11(4)8-6-5-7-9-11;1-9-5-2-8(3-6-9)4-7-9;1-7-6-8-2-4-9(7)5-3-8;1-8-4-2-7(6-8)3-5-8;1-6-4-7-2-3-8(6)5-7;1-7(2,3)8(4)5-6-8;1-8(2)6-4-3-5-7-8;1-5(2)3-4-5/h12H,2-11H2,1H3;7-11H,2-6H2,1H3;5-9H2,1-4H3;8H,2-7H2,1H3;7-9H,2-6H2,1H3;7H,2-6H2,1H3;6-8H,2-5H2,1H3;5-6H2,1-4H3;3-7H2,1-2H3;3-4H2,1-2H3. The quantitative estimate of drug-likeness (QED) is 0.245. The Bertz CT molecular complexity index is 1940. The van der Waals surface area contributed by atoms with Crippen molar-refractivity contribution in [1.29, 1.82) is 0 Å². The zero-order chi connectivity index (χ0) is 65.2. The highest BCUT2D eigenvalue weighted by atomic mass is 14.5. The van der Waals surface area contributed by atoms with Gasteiger partial charge in [0.15, 0.2) is 0 Å². The van der Waals surface area contributed by atoms with Crippen LogP contribution in [0.2, 0.25) is 0 Å². The Morgan fingerprint density at radius 3 is 0.878 bits per heavy atom. The maximum absolute atomic E-state index is 2.57. The summed E-state index contributed by atoms with van der Waals surface area (Å²) in [4.78, 5) is 0. The van der Waals surface area contributed by atoms with E-state index in [0.717, 1.165) is 105 Å². The monoisotopic (exact) mass is 1250 g/mol. The van der Waals surface area contributed by atoms with E-state index in [1.807, 2.05) is 0 Å². The van der Waals surface area contributed by atoms with Crippen LogP contribution in [0, 0.1) is 132 Å². The molecule has 4 atom stereocenters. The molecule has 0 heteroatoms. The molecular formula is C90H166. The Kier molecular flexibility index (Phi) is 27.6. The first-order chi connectivity index (χ1) is 42.3. The largest absolute Gasteiger partial charge is 0.0622 e. The van der Waals surface area contributed by atoms with Gasteiger partial charge in [0.25, 0.3) is 0 Å². The first kappa shape index (κ1) is 75.8. The molecule has 20 fully saturated rings. The molecule has 20 saturated carbocycles. The summed E-state index contributed by atoms with van der Waals surface area (Å²) < 4.78 is 0. The summed E-state index contributed by atoms with van der Waals surface area (Å²) in [7, 11) is 0. The van der Waals surface area contributed by atoms with Crippen LogP contribution in [0.15, 0.2) is 0 Å². The fraction of sp³-hybridized carbons (Fsp3) is 1.00. The van der Waals surface area contributed by atoms with E-state index in [1.165, 1.54) is 218 Å². The number of rotatable bonds is 1. The second-order valence-electron chi connectivity index (χ2n) is 42.8. The Labute approximate surface area is 567 Å². The lowest BCUT2D eigenvalue weighted by Crippen LogP contribution is -2.43. The molecule has 0 nitrogen and oxygen atoms in total. The van der Waals surface area contributed by atoms with Gasteiger partial charge in [-0.05, 0) is 350 Å². The topological polar surface area (TPSA) is 0 Å². The van der Waals surface area contributed by atoms with E-state index in [2.05, 4.69) is 125 Å². The van der Waals surface area contributed by atoms with Crippen LogP contribution in [0.1, 0.15) is 439 Å². The molecule has 90 heavy (non-hydrogen) atoms. The molecule has 20 aliphatic rings. The van der Waals surface area contributed by atoms with Crippen molar-refractivity contribution in [3.05, 3.63) is 0 Å². The predicted molar refractivity (Wildman–Crippen MR) is 399 cm³/mol. The molecule has 4 unspecified atom stereocenters. The first-order valence-electron chi connectivity index (χ1n) is 42.3. The van der Waals surface area contributed by atoms with Crippen LogP contribution >= 0.6 is 0 Å². The highest BCUT2D eigenvalue weighted by Crippen LogP contribution is 2.59. The van der Waals surface area contributed by atoms with Crippen LogP contribution in [0.5, 0.6) is 0 Å². The second kappa shape index (κ2) is 32.8. The van der Waals surface area contributed by atoms with Gasteiger partial charge in [0.2, 0.25) is 0 Å². The molecule has 0 aromatic heterocycles. The summed E-state index contributed by atoms with van der Waals surface area (Å²) in [5.74, 6) is 15.7. The Morgan fingerprint density at radius 2 is 0.622 bits per heavy atom. The van der Waals surface area contributed by atoms with E-state index in [1.54, 1.807) is 96.3 Å². The summed E-state index contributed by atoms with van der Waals surface area (Å²) in [5, 5.41) is 0. The van der Waals surface area contributed by atoms with Gasteiger partial charge in [-0.1, -0.05) is 221 Å². The van der Waals surface area contributed by atoms with E-state index in [9.17, 15) is 0 Å². The SMILES string of the molecule is CC(C)(C)C1(C)CC1.CC(C)(C)C1(C)CCCCC1.CC1(C)CC1.CC1(C)CCCCC1.CC1(C2CCCCC2)CCCCC1.CC12CCC(CC1)C2.CC12CCC(CC1)CC2.CC1C2CC3CC(C2)CC1C3.CC1CC2CCC1C2.CC1CC2CCC1CC2. The molecule has 0 N–H and O–H groups in total. The minimum Gasteiger partial charge on any atom is -0.0622 e. The predicted octanol–water partition coefficient (Wildman–Crippen LogP) is 30.1. The first-order valence-corrected chi connectivity index (χ1v) is 42.3. The van der Waals surface area contributed by atoms with Crippen molar-refractivity contribution >= 4 is 0 Å². The molecule has 526 valence electrons. The number of hydrogen-bond donors (Lipinski definition) is 0. The van der Waals surface area contributed by atoms with Gasteiger partial charge in [0, 0.05) is 0 Å². The van der Waals surface area contributed by atoms with Crippen molar-refractivity contribution in [2.75, 3.05) is 0 Å². The lowest BCUT2D eigenvalue weighted by atomic mass is 9.52. The van der Waals surface area contributed by atoms with Gasteiger partial charge >= 0.3 is 0 Å². The van der Waals surface area contributed by atoms with Crippen molar-refractivity contribution in [2.45, 2.75) is 439 Å². The Hall–Kier alpha value is 0. The van der Waals surface area contributed by atoms with Crippen molar-refractivity contribution < 1.29 is 0 Å². The van der Waals surface area contributed by atoms with Gasteiger partial charge < -0.3 is 0 Å². The average molecular weight is 1250 g/mol. The zero-order valence-corrected chi connectivity index (χ0v) is 65.2. The van der Waals surface area contributed by atoms with Gasteiger partial charge in [-0.25, -0.2) is 0 Å². The zero-order valence-electron chi connectivity index (χ0n) is 65.2. The van der Waals surface area contributed by atoms with Crippen LogP contribution in [-0.4, -0.2) is 0 Å². The summed E-state index contributed by atoms with van der Waals surface area (Å²) in [6.45, 7) is 43.2. The maximum Gasteiger partial charge on any atom is -0.0277 e. The molecular weight excluding hydrogens is 1080 g/mol. The van der Waals surface area contributed by atoms with Crippen LogP contribution < -0.4 is 0 Å². The Balaban J connectivity index is 0.000000130. The minimum absolute atomic E-state index is 0.507. The van der Waals surface area contributed by atoms with E-state index in [4.69, 9.17) is 0 Å². The van der Waals surface area contributed by atoms with Gasteiger partial charge in [-0.15, -0.1) is 0 Å². The molecule has 0 heterocycles. The molecule has 20 rings (SSSR count). The summed E-state index contributed by atoms with van der Waals surface area (Å²) in [5.41, 5.74) is 6.13. The molecule has 0 aromatic rings. The third kappa shape index (κ3) is 23.0. The van der Waals surface area contributed by atoms with Crippen LogP contribution in [0.3, 0.4) is 0 Å². The minimum atomic E-state index is 0.507. The normalized spacial score (nSPS) is 40.5. The number of fused-ring (bicyclic) bond motifs is 10. The summed E-state index contributed by atoms with van der Waals surface area (Å²) >= 11 is 0. The van der Waals surface area contributed by atoms with Gasteiger partial charge in [-0.2, -0.15) is 0 Å². The smallest absolute Gasteiger partial charge is 0.0277 e. The summed E-state index contributed by atoms with van der Waals surface area (Å²) in [6.07, 6.45) is 74.3. The molecule has 0 aliphatic heterocycles. The van der Waals surface area contributed by atoms with Crippen molar-refractivity contribution in [2.24, 2.45) is 132 Å². The molecule has 0 radical (unpaired) electrons. The molecule has 0 amide bonds. The number of hydrogen-bond acceptors (Lipinski definition) is 0. The van der Waals surface area contributed by atoms with Gasteiger partial charge in [0.1, 0.15) is 0 Å². The van der Waals surface area contributed by atoms with Crippen LogP contribution in [0.4, 0.5) is 0 Å². The lowest BCUT2D eigenvalue weighted by molar-refractivity contribution is -0.0282. The highest BCUT2D eigenvalue weighted by Gasteiger charge is 2.48. The highest BCUT2D eigenvalue weighted by molar-refractivity contribution is 4.99. The molecule has 12 bridgehead atoms. The molecule has 20 aliphatic carbocycles. The molecule has 0 spiro atoms.